The lowest BCUT2D eigenvalue weighted by molar-refractivity contribution is -0.111. The molecule has 0 bridgehead atoms. The Hall–Kier alpha value is -3.61. The fourth-order valence-electron chi connectivity index (χ4n) is 2.92. The van der Waals surface area contributed by atoms with Gasteiger partial charge >= 0.3 is 0 Å². The first-order valence-corrected chi connectivity index (χ1v) is 11.0. The number of carbonyl (C=O) groups excluding carboxylic acids is 2. The van der Waals surface area contributed by atoms with Gasteiger partial charge < -0.3 is 15.1 Å². The maximum absolute atomic E-state index is 12.2. The van der Waals surface area contributed by atoms with Gasteiger partial charge in [-0.05, 0) is 72.5 Å². The van der Waals surface area contributed by atoms with Gasteiger partial charge in [-0.15, -0.1) is 11.3 Å². The number of aryl methyl sites for hydroxylation is 1. The molecule has 0 fully saturated rings. The average molecular weight is 463 g/mol. The van der Waals surface area contributed by atoms with Gasteiger partial charge in [-0.2, -0.15) is 0 Å². The molecule has 0 radical (unpaired) electrons. The van der Waals surface area contributed by atoms with Crippen LogP contribution >= 0.6 is 22.9 Å². The highest BCUT2D eigenvalue weighted by Gasteiger charge is 2.08. The van der Waals surface area contributed by atoms with E-state index in [1.807, 2.05) is 42.6 Å². The van der Waals surface area contributed by atoms with Crippen molar-refractivity contribution in [3.63, 3.8) is 0 Å². The lowest BCUT2D eigenvalue weighted by Gasteiger charge is -2.06. The highest BCUT2D eigenvalue weighted by atomic mass is 35.5. The topological polar surface area (TPSA) is 71.3 Å². The summed E-state index contributed by atoms with van der Waals surface area (Å²) >= 11 is 7.56. The lowest BCUT2D eigenvalue weighted by Crippen LogP contribution is -2.10. The van der Waals surface area contributed by atoms with Gasteiger partial charge in [0.25, 0.3) is 5.91 Å². The Bertz CT molecular complexity index is 1280. The van der Waals surface area contributed by atoms with E-state index in [1.54, 1.807) is 42.5 Å². The summed E-state index contributed by atoms with van der Waals surface area (Å²) < 4.78 is 5.78. The van der Waals surface area contributed by atoms with E-state index in [0.29, 0.717) is 32.8 Å². The van der Waals surface area contributed by atoms with Crippen LogP contribution in [0.2, 0.25) is 5.02 Å². The van der Waals surface area contributed by atoms with Crippen LogP contribution in [0.4, 0.5) is 11.4 Å². The van der Waals surface area contributed by atoms with Crippen LogP contribution in [0.15, 0.2) is 82.6 Å². The van der Waals surface area contributed by atoms with Crippen molar-refractivity contribution in [3.05, 3.63) is 99.4 Å². The van der Waals surface area contributed by atoms with Crippen LogP contribution in [0, 0.1) is 6.92 Å². The van der Waals surface area contributed by atoms with E-state index in [2.05, 4.69) is 10.6 Å². The summed E-state index contributed by atoms with van der Waals surface area (Å²) in [7, 11) is 0. The molecule has 0 atom stereocenters. The molecule has 0 aliphatic heterocycles. The average Bonchev–Trinajstić information content (AvgIpc) is 3.48. The van der Waals surface area contributed by atoms with Gasteiger partial charge in [0.2, 0.25) is 5.91 Å². The minimum absolute atomic E-state index is 0.162. The molecule has 2 aromatic carbocycles. The first-order valence-electron chi connectivity index (χ1n) is 9.78. The van der Waals surface area contributed by atoms with Crippen molar-refractivity contribution in [1.82, 2.24) is 0 Å². The molecule has 2 N–H and O–H groups in total. The van der Waals surface area contributed by atoms with Gasteiger partial charge in [-0.1, -0.05) is 29.8 Å². The third-order valence-corrected chi connectivity index (χ3v) is 5.91. The van der Waals surface area contributed by atoms with Crippen LogP contribution in [0.3, 0.4) is 0 Å². The Kier molecular flexibility index (Phi) is 6.54. The van der Waals surface area contributed by atoms with Gasteiger partial charge in [-0.3, -0.25) is 9.59 Å². The quantitative estimate of drug-likeness (QED) is 0.307. The Labute approximate surface area is 194 Å². The summed E-state index contributed by atoms with van der Waals surface area (Å²) in [5, 5.41) is 8.12. The fourth-order valence-corrected chi connectivity index (χ4v) is 3.72. The second-order valence-corrected chi connectivity index (χ2v) is 8.35. The van der Waals surface area contributed by atoms with Gasteiger partial charge in [0.05, 0.1) is 4.88 Å². The smallest absolute Gasteiger partial charge is 0.265 e. The molecule has 7 heteroatoms. The van der Waals surface area contributed by atoms with E-state index in [0.717, 1.165) is 11.1 Å². The number of rotatable bonds is 6. The molecule has 5 nitrogen and oxygen atoms in total. The summed E-state index contributed by atoms with van der Waals surface area (Å²) in [4.78, 5) is 25.0. The molecule has 0 unspecified atom stereocenters. The zero-order valence-electron chi connectivity index (χ0n) is 17.1. The summed E-state index contributed by atoms with van der Waals surface area (Å²) in [6, 6.07) is 19.8. The molecule has 2 heterocycles. The number of carbonyl (C=O) groups is 2. The van der Waals surface area contributed by atoms with Crippen molar-refractivity contribution < 1.29 is 14.0 Å². The molecule has 0 aliphatic carbocycles. The molecule has 0 spiro atoms. The molecule has 32 heavy (non-hydrogen) atoms. The predicted octanol–water partition coefficient (Wildman–Crippen LogP) is 6.87. The maximum Gasteiger partial charge on any atom is 0.265 e. The van der Waals surface area contributed by atoms with E-state index in [9.17, 15) is 9.59 Å². The normalized spacial score (nSPS) is 10.9. The SMILES string of the molecule is Cc1ccc(-c2ccc(/C=C/C(=O)Nc3ccc(NC(=O)c4cccs4)cc3)o2)cc1Cl. The first-order chi connectivity index (χ1) is 15.5. The number of amides is 2. The maximum atomic E-state index is 12.2. The van der Waals surface area contributed by atoms with Gasteiger partial charge in [0.1, 0.15) is 11.5 Å². The summed E-state index contributed by atoms with van der Waals surface area (Å²) in [5.41, 5.74) is 3.13. The molecular weight excluding hydrogens is 444 g/mol. The number of furan rings is 1. The monoisotopic (exact) mass is 462 g/mol. The number of benzene rings is 2. The number of hydrogen-bond acceptors (Lipinski definition) is 4. The number of hydrogen-bond donors (Lipinski definition) is 2. The second kappa shape index (κ2) is 9.68. The summed E-state index contributed by atoms with van der Waals surface area (Å²) in [6.45, 7) is 1.94. The van der Waals surface area contributed by atoms with Gasteiger partial charge in [0.15, 0.2) is 0 Å². The highest BCUT2D eigenvalue weighted by molar-refractivity contribution is 7.12. The van der Waals surface area contributed by atoms with Crippen molar-refractivity contribution in [3.8, 4) is 11.3 Å². The number of nitrogens with one attached hydrogen (secondary N) is 2. The lowest BCUT2D eigenvalue weighted by atomic mass is 10.1. The third kappa shape index (κ3) is 5.35. The minimum atomic E-state index is -0.295. The molecule has 2 amide bonds. The van der Waals surface area contributed by atoms with Crippen LogP contribution in [0.5, 0.6) is 0 Å². The molecule has 4 rings (SSSR count). The largest absolute Gasteiger partial charge is 0.457 e. The van der Waals surface area contributed by atoms with E-state index < -0.39 is 0 Å². The molecule has 0 aliphatic rings. The zero-order chi connectivity index (χ0) is 22.5. The minimum Gasteiger partial charge on any atom is -0.457 e. The van der Waals surface area contributed by atoms with Gasteiger partial charge in [-0.25, -0.2) is 0 Å². The zero-order valence-corrected chi connectivity index (χ0v) is 18.7. The van der Waals surface area contributed by atoms with Crippen molar-refractivity contribution in [2.45, 2.75) is 6.92 Å². The summed E-state index contributed by atoms with van der Waals surface area (Å²) in [5.74, 6) is 0.771. The van der Waals surface area contributed by atoms with Crippen molar-refractivity contribution in [2.75, 3.05) is 10.6 Å². The standard InChI is InChI=1S/C25H19ClN2O3S/c1-16-4-5-17(15-21(16)26)22-12-10-20(31-22)11-13-24(29)27-18-6-8-19(9-7-18)28-25(30)23-3-2-14-32-23/h2-15H,1H3,(H,27,29)(H,28,30)/b13-11+. The molecule has 0 saturated heterocycles. The van der Waals surface area contributed by atoms with E-state index >= 15 is 0 Å². The molecule has 4 aromatic rings. The molecule has 2 aromatic heterocycles. The Morgan fingerprint density at radius 3 is 2.41 bits per heavy atom. The number of anilines is 2. The van der Waals surface area contributed by atoms with Crippen molar-refractivity contribution in [1.29, 1.82) is 0 Å². The Morgan fingerprint density at radius 1 is 0.969 bits per heavy atom. The van der Waals surface area contributed by atoms with E-state index in [-0.39, 0.29) is 11.8 Å². The van der Waals surface area contributed by atoms with E-state index in [1.165, 1.54) is 17.4 Å². The number of halogens is 1. The molecular formula is C25H19ClN2O3S. The third-order valence-electron chi connectivity index (χ3n) is 4.64. The molecule has 0 saturated carbocycles. The van der Waals surface area contributed by atoms with Crippen molar-refractivity contribution in [2.24, 2.45) is 0 Å². The Morgan fingerprint density at radius 2 is 1.72 bits per heavy atom. The highest BCUT2D eigenvalue weighted by Crippen LogP contribution is 2.27. The van der Waals surface area contributed by atoms with Crippen molar-refractivity contribution >= 4 is 52.2 Å². The van der Waals surface area contributed by atoms with Crippen LogP contribution in [0.25, 0.3) is 17.4 Å². The van der Waals surface area contributed by atoms with Gasteiger partial charge in [0, 0.05) is 28.0 Å². The first kappa shape index (κ1) is 21.6. The van der Waals surface area contributed by atoms with Crippen LogP contribution in [0.1, 0.15) is 21.0 Å². The summed E-state index contributed by atoms with van der Waals surface area (Å²) in [6.07, 6.45) is 3.00. The molecule has 160 valence electrons. The predicted molar refractivity (Wildman–Crippen MR) is 130 cm³/mol. The Balaban J connectivity index is 1.34. The number of thiophene rings is 1. The fraction of sp³-hybridized carbons (Fsp3) is 0.0400. The van der Waals surface area contributed by atoms with Crippen LogP contribution in [-0.2, 0) is 4.79 Å². The second-order valence-electron chi connectivity index (χ2n) is 7.00. The van der Waals surface area contributed by atoms with E-state index in [4.69, 9.17) is 16.0 Å². The van der Waals surface area contributed by atoms with Crippen LogP contribution < -0.4 is 10.6 Å². The van der Waals surface area contributed by atoms with Crippen LogP contribution in [-0.4, -0.2) is 11.8 Å².